The predicted octanol–water partition coefficient (Wildman–Crippen LogP) is 5.89. The number of aryl methyl sites for hydroxylation is 2. The second-order valence-electron chi connectivity index (χ2n) is 7.71. The molecule has 0 saturated heterocycles. The first kappa shape index (κ1) is 19.6. The number of rotatable bonds is 6. The lowest BCUT2D eigenvalue weighted by Crippen LogP contribution is -2.16. The summed E-state index contributed by atoms with van der Waals surface area (Å²) in [6, 6.07) is 21.5. The Morgan fingerprint density at radius 3 is 2.40 bits per heavy atom. The van der Waals surface area contributed by atoms with Crippen molar-refractivity contribution in [2.24, 2.45) is 0 Å². The molecule has 0 fully saturated rings. The van der Waals surface area contributed by atoms with E-state index in [2.05, 4.69) is 4.98 Å². The van der Waals surface area contributed by atoms with Crippen molar-refractivity contribution in [2.75, 3.05) is 0 Å². The number of benzene rings is 3. The van der Waals surface area contributed by atoms with Gasteiger partial charge in [0, 0.05) is 29.1 Å². The number of aromatic nitrogens is 1. The van der Waals surface area contributed by atoms with E-state index in [1.54, 1.807) is 12.3 Å². The summed E-state index contributed by atoms with van der Waals surface area (Å²) in [4.78, 5) is 28.2. The lowest BCUT2D eigenvalue weighted by Gasteiger charge is -2.13. The van der Waals surface area contributed by atoms with E-state index in [1.807, 2.05) is 74.5 Å². The molecule has 0 radical (unpaired) electrons. The van der Waals surface area contributed by atoms with Gasteiger partial charge in [0.05, 0.1) is 5.92 Å². The second kappa shape index (κ2) is 7.99. The van der Waals surface area contributed by atoms with Crippen molar-refractivity contribution in [1.29, 1.82) is 0 Å². The first-order valence-corrected chi connectivity index (χ1v) is 9.94. The fraction of sp³-hybridized carbons (Fsp3) is 0.154. The minimum absolute atomic E-state index is 0.0816. The second-order valence-corrected chi connectivity index (χ2v) is 7.71. The lowest BCUT2D eigenvalue weighted by molar-refractivity contribution is -0.138. The van der Waals surface area contributed by atoms with Gasteiger partial charge in [-0.25, -0.2) is 0 Å². The van der Waals surface area contributed by atoms with Gasteiger partial charge in [0.2, 0.25) is 0 Å². The maximum atomic E-state index is 12.9. The highest BCUT2D eigenvalue weighted by atomic mass is 16.4. The average molecular weight is 397 g/mol. The van der Waals surface area contributed by atoms with Crippen LogP contribution in [0.15, 0.2) is 72.9 Å². The van der Waals surface area contributed by atoms with Gasteiger partial charge in [-0.3, -0.25) is 9.59 Å². The van der Waals surface area contributed by atoms with Gasteiger partial charge in [-0.1, -0.05) is 60.2 Å². The van der Waals surface area contributed by atoms with Gasteiger partial charge < -0.3 is 10.1 Å². The Morgan fingerprint density at radius 2 is 1.70 bits per heavy atom. The smallest absolute Gasteiger partial charge is 0.311 e. The Morgan fingerprint density at radius 1 is 0.933 bits per heavy atom. The van der Waals surface area contributed by atoms with Crippen molar-refractivity contribution in [3.63, 3.8) is 0 Å². The van der Waals surface area contributed by atoms with Gasteiger partial charge in [-0.05, 0) is 48.2 Å². The van der Waals surface area contributed by atoms with Crippen LogP contribution in [-0.4, -0.2) is 21.8 Å². The molecule has 0 aliphatic rings. The minimum Gasteiger partial charge on any atom is -0.481 e. The van der Waals surface area contributed by atoms with Crippen LogP contribution >= 0.6 is 0 Å². The number of carboxylic acids is 1. The van der Waals surface area contributed by atoms with Crippen LogP contribution in [0, 0.1) is 13.8 Å². The van der Waals surface area contributed by atoms with Crippen LogP contribution in [0.2, 0.25) is 0 Å². The summed E-state index contributed by atoms with van der Waals surface area (Å²) in [6.45, 7) is 3.85. The summed E-state index contributed by atoms with van der Waals surface area (Å²) in [6.07, 6.45) is 1.63. The molecule has 4 nitrogen and oxygen atoms in total. The zero-order chi connectivity index (χ0) is 21.3. The van der Waals surface area contributed by atoms with Crippen LogP contribution in [-0.2, 0) is 4.79 Å². The minimum atomic E-state index is -1.00. The summed E-state index contributed by atoms with van der Waals surface area (Å²) in [7, 11) is 0. The zero-order valence-corrected chi connectivity index (χ0v) is 17.0. The average Bonchev–Trinajstić information content (AvgIpc) is 3.15. The van der Waals surface area contributed by atoms with Gasteiger partial charge in [-0.15, -0.1) is 0 Å². The number of fused-ring (bicyclic) bond motifs is 1. The molecule has 0 aliphatic heterocycles. The summed E-state index contributed by atoms with van der Waals surface area (Å²) >= 11 is 0. The van der Waals surface area contributed by atoms with Gasteiger partial charge in [0.1, 0.15) is 0 Å². The van der Waals surface area contributed by atoms with Crippen LogP contribution in [0.3, 0.4) is 0 Å². The quantitative estimate of drug-likeness (QED) is 0.398. The summed E-state index contributed by atoms with van der Waals surface area (Å²) < 4.78 is 0. The van der Waals surface area contributed by atoms with Gasteiger partial charge >= 0.3 is 5.97 Å². The number of nitrogens with one attached hydrogen (secondary N) is 1. The molecule has 0 saturated carbocycles. The number of aromatic amines is 1. The van der Waals surface area contributed by atoms with E-state index in [0.29, 0.717) is 11.1 Å². The summed E-state index contributed by atoms with van der Waals surface area (Å²) in [5.41, 5.74) is 6.08. The maximum Gasteiger partial charge on any atom is 0.311 e. The zero-order valence-electron chi connectivity index (χ0n) is 17.0. The molecular weight excluding hydrogens is 374 g/mol. The molecule has 0 spiro atoms. The Balaban J connectivity index is 1.72. The van der Waals surface area contributed by atoms with E-state index in [0.717, 1.165) is 33.2 Å². The van der Waals surface area contributed by atoms with Crippen molar-refractivity contribution in [1.82, 2.24) is 4.98 Å². The molecular formula is C26H23NO3. The molecule has 1 atom stereocenters. The maximum absolute atomic E-state index is 12.9. The number of carboxylic acid groups (broad SMARTS) is 1. The van der Waals surface area contributed by atoms with E-state index < -0.39 is 11.9 Å². The largest absolute Gasteiger partial charge is 0.481 e. The molecule has 4 rings (SSSR count). The monoisotopic (exact) mass is 397 g/mol. The van der Waals surface area contributed by atoms with Gasteiger partial charge in [0.25, 0.3) is 0 Å². The normalized spacial score (nSPS) is 12.1. The van der Waals surface area contributed by atoms with Crippen molar-refractivity contribution in [2.45, 2.75) is 26.2 Å². The highest BCUT2D eigenvalue weighted by Crippen LogP contribution is 2.33. The third-order valence-corrected chi connectivity index (χ3v) is 5.57. The molecule has 2 N–H and O–H groups in total. The van der Waals surface area contributed by atoms with Crippen LogP contribution in [0.5, 0.6) is 0 Å². The van der Waals surface area contributed by atoms with Crippen LogP contribution in [0.1, 0.15) is 39.4 Å². The molecule has 1 unspecified atom stereocenters. The number of ketones is 1. The number of Topliss-reactive ketones (excluding diaryl/α,β-unsaturated/α-hetero) is 1. The number of carbonyl (C=O) groups is 2. The van der Waals surface area contributed by atoms with Crippen molar-refractivity contribution in [3.8, 4) is 11.1 Å². The molecule has 4 heteroatoms. The molecule has 30 heavy (non-hydrogen) atoms. The molecule has 1 aromatic heterocycles. The highest BCUT2D eigenvalue weighted by Gasteiger charge is 2.27. The lowest BCUT2D eigenvalue weighted by atomic mass is 9.89. The molecule has 0 aliphatic carbocycles. The molecule has 0 amide bonds. The van der Waals surface area contributed by atoms with Crippen molar-refractivity contribution < 1.29 is 14.7 Å². The first-order chi connectivity index (χ1) is 14.4. The fourth-order valence-corrected chi connectivity index (χ4v) is 3.99. The Hall–Kier alpha value is -3.66. The summed E-state index contributed by atoms with van der Waals surface area (Å²) in [5, 5.41) is 10.8. The number of hydrogen-bond acceptors (Lipinski definition) is 2. The van der Waals surface area contributed by atoms with E-state index in [4.69, 9.17) is 0 Å². The van der Waals surface area contributed by atoms with Crippen LogP contribution < -0.4 is 0 Å². The number of hydrogen-bond donors (Lipinski definition) is 2. The van der Waals surface area contributed by atoms with Crippen molar-refractivity contribution in [3.05, 3.63) is 95.2 Å². The Bertz CT molecular complexity index is 1240. The van der Waals surface area contributed by atoms with Crippen LogP contribution in [0.4, 0.5) is 0 Å². The third kappa shape index (κ3) is 3.77. The fourth-order valence-electron chi connectivity index (χ4n) is 3.99. The summed E-state index contributed by atoms with van der Waals surface area (Å²) in [5.74, 6) is -2.08. The molecule has 1 heterocycles. The molecule has 4 aromatic rings. The molecule has 0 bridgehead atoms. The van der Waals surface area contributed by atoms with Crippen molar-refractivity contribution >= 4 is 22.7 Å². The number of aliphatic carboxylic acids is 1. The molecule has 3 aromatic carbocycles. The molecule has 150 valence electrons. The SMILES string of the molecule is Cc1ccc(C(=O)CC(C(=O)O)c2c[nH]c3ccc(-c4ccccc4)cc23)c(C)c1. The third-order valence-electron chi connectivity index (χ3n) is 5.57. The Kier molecular flexibility index (Phi) is 5.23. The van der Waals surface area contributed by atoms with E-state index in [9.17, 15) is 14.7 Å². The van der Waals surface area contributed by atoms with Gasteiger partial charge in [-0.2, -0.15) is 0 Å². The van der Waals surface area contributed by atoms with E-state index in [-0.39, 0.29) is 12.2 Å². The van der Waals surface area contributed by atoms with Gasteiger partial charge in [0.15, 0.2) is 5.78 Å². The standard InChI is InChI=1S/C26H23NO3/c1-16-8-10-20(17(2)12-16)25(28)14-22(26(29)30)23-15-27-24-11-9-19(13-21(23)24)18-6-4-3-5-7-18/h3-13,15,22,27H,14H2,1-2H3,(H,29,30). The number of carbonyl (C=O) groups excluding carboxylic acids is 1. The topological polar surface area (TPSA) is 70.2 Å². The Labute approximate surface area is 175 Å². The predicted molar refractivity (Wildman–Crippen MR) is 119 cm³/mol. The highest BCUT2D eigenvalue weighted by molar-refractivity contribution is 6.01. The van der Waals surface area contributed by atoms with E-state index in [1.165, 1.54) is 0 Å². The van der Waals surface area contributed by atoms with Crippen LogP contribution in [0.25, 0.3) is 22.0 Å². The van der Waals surface area contributed by atoms with E-state index >= 15 is 0 Å². The first-order valence-electron chi connectivity index (χ1n) is 9.94. The number of H-pyrrole nitrogens is 1.